The number of nitrogens with zero attached hydrogens (tertiary/aromatic N) is 4. The van der Waals surface area contributed by atoms with Gasteiger partial charge in [0.25, 0.3) is 11.6 Å². The van der Waals surface area contributed by atoms with E-state index in [2.05, 4.69) is 10.1 Å². The van der Waals surface area contributed by atoms with Gasteiger partial charge in [-0.3, -0.25) is 14.9 Å². The van der Waals surface area contributed by atoms with E-state index in [9.17, 15) is 28.1 Å². The van der Waals surface area contributed by atoms with E-state index in [0.29, 0.717) is 18.5 Å². The molecule has 0 radical (unpaired) electrons. The first-order valence-corrected chi connectivity index (χ1v) is 11.3. The maximum atomic E-state index is 13.2. The number of rotatable bonds is 9. The van der Waals surface area contributed by atoms with E-state index in [4.69, 9.17) is 4.52 Å². The second-order valence-electron chi connectivity index (χ2n) is 8.17. The number of carbonyl (C=O) groups is 1. The predicted molar refractivity (Wildman–Crippen MR) is 128 cm³/mol. The van der Waals surface area contributed by atoms with Crippen LogP contribution in [0, 0.1) is 10.1 Å². The van der Waals surface area contributed by atoms with Crippen molar-refractivity contribution < 1.29 is 27.4 Å². The molecule has 0 aliphatic rings. The first-order chi connectivity index (χ1) is 17.7. The molecule has 0 aliphatic heterocycles. The van der Waals surface area contributed by atoms with E-state index in [1.807, 2.05) is 30.3 Å². The number of hydrogen-bond acceptors (Lipinski definition) is 6. The van der Waals surface area contributed by atoms with Crippen LogP contribution in [0.5, 0.6) is 0 Å². The Morgan fingerprint density at radius 1 is 0.946 bits per heavy atom. The van der Waals surface area contributed by atoms with Crippen LogP contribution in [0.1, 0.15) is 27.4 Å². The number of non-ortho nitro benzene ring substituents is 1. The summed E-state index contributed by atoms with van der Waals surface area (Å²) in [5, 5.41) is 14.9. The molecule has 1 heterocycles. The molecule has 0 unspecified atom stereocenters. The molecule has 0 spiro atoms. The van der Waals surface area contributed by atoms with Crippen LogP contribution in [0.2, 0.25) is 0 Å². The molecule has 0 N–H and O–H groups in total. The molecule has 0 bridgehead atoms. The number of carbonyl (C=O) groups excluding carboxylic acids is 1. The zero-order chi connectivity index (χ0) is 26.4. The monoisotopic (exact) mass is 510 g/mol. The van der Waals surface area contributed by atoms with Gasteiger partial charge in [0.2, 0.25) is 11.7 Å². The molecule has 11 heteroatoms. The maximum absolute atomic E-state index is 13.2. The van der Waals surface area contributed by atoms with Crippen molar-refractivity contribution in [2.75, 3.05) is 13.1 Å². The molecule has 1 aromatic heterocycles. The Hall–Kier alpha value is -4.54. The van der Waals surface area contributed by atoms with E-state index < -0.39 is 22.6 Å². The van der Waals surface area contributed by atoms with Gasteiger partial charge in [0, 0.05) is 42.8 Å². The first-order valence-electron chi connectivity index (χ1n) is 11.3. The molecule has 0 saturated heterocycles. The Morgan fingerprint density at radius 2 is 1.65 bits per heavy atom. The van der Waals surface area contributed by atoms with Crippen LogP contribution in [0.3, 0.4) is 0 Å². The Kier molecular flexibility index (Phi) is 7.61. The van der Waals surface area contributed by atoms with Crippen molar-refractivity contribution in [1.82, 2.24) is 15.0 Å². The summed E-state index contributed by atoms with van der Waals surface area (Å²) in [6.45, 7) is 0.485. The van der Waals surface area contributed by atoms with Crippen molar-refractivity contribution in [3.8, 4) is 11.4 Å². The van der Waals surface area contributed by atoms with Gasteiger partial charge in [-0.2, -0.15) is 18.2 Å². The largest absolute Gasteiger partial charge is 0.416 e. The number of benzene rings is 3. The molecule has 0 saturated carbocycles. The van der Waals surface area contributed by atoms with Gasteiger partial charge < -0.3 is 9.42 Å². The predicted octanol–water partition coefficient (Wildman–Crippen LogP) is 5.59. The fourth-order valence-corrected chi connectivity index (χ4v) is 3.67. The standard InChI is InChI=1S/C26H21F3N4O4/c27-26(28,29)21-11-9-19(10-12-21)25(34)32(15-13-18-5-2-1-3-6-18)16-14-23-30-24(31-37-23)20-7-4-8-22(17-20)33(35)36/h1-12,17H,13-16H2. The number of hydrogen-bond donors (Lipinski definition) is 0. The molecule has 190 valence electrons. The number of nitro groups is 1. The highest BCUT2D eigenvalue weighted by Gasteiger charge is 2.30. The van der Waals surface area contributed by atoms with Gasteiger partial charge >= 0.3 is 6.18 Å². The highest BCUT2D eigenvalue weighted by molar-refractivity contribution is 5.94. The van der Waals surface area contributed by atoms with Crippen LogP contribution in [-0.2, 0) is 19.0 Å². The number of amides is 1. The number of alkyl halides is 3. The van der Waals surface area contributed by atoms with Crippen LogP contribution < -0.4 is 0 Å². The van der Waals surface area contributed by atoms with Crippen molar-refractivity contribution in [3.05, 3.63) is 112 Å². The third kappa shape index (κ3) is 6.57. The average Bonchev–Trinajstić information content (AvgIpc) is 3.38. The van der Waals surface area contributed by atoms with Crippen LogP contribution in [-0.4, -0.2) is 39.0 Å². The minimum atomic E-state index is -4.50. The lowest BCUT2D eigenvalue weighted by Gasteiger charge is -2.22. The lowest BCUT2D eigenvalue weighted by Crippen LogP contribution is -2.35. The van der Waals surface area contributed by atoms with Gasteiger partial charge in [-0.25, -0.2) is 0 Å². The molecular formula is C26H21F3N4O4. The molecule has 0 fully saturated rings. The minimum absolute atomic E-state index is 0.113. The lowest BCUT2D eigenvalue weighted by molar-refractivity contribution is -0.384. The summed E-state index contributed by atoms with van der Waals surface area (Å²) in [6.07, 6.45) is -3.78. The topological polar surface area (TPSA) is 102 Å². The molecule has 37 heavy (non-hydrogen) atoms. The normalized spacial score (nSPS) is 11.3. The van der Waals surface area contributed by atoms with E-state index >= 15 is 0 Å². The SMILES string of the molecule is O=C(c1ccc(C(F)(F)F)cc1)N(CCc1ccccc1)CCc1nc(-c2cccc([N+](=O)[O-])c2)no1. The fourth-order valence-electron chi connectivity index (χ4n) is 3.67. The third-order valence-corrected chi connectivity index (χ3v) is 5.64. The second kappa shape index (κ2) is 11.0. The number of nitro benzene ring substituents is 1. The Labute approximate surface area is 209 Å². The van der Waals surface area contributed by atoms with E-state index in [0.717, 1.165) is 29.8 Å². The Bertz CT molecular complexity index is 1370. The van der Waals surface area contributed by atoms with E-state index in [-0.39, 0.29) is 35.9 Å². The van der Waals surface area contributed by atoms with Gasteiger partial charge in [0.05, 0.1) is 10.5 Å². The number of aromatic nitrogens is 2. The molecule has 8 nitrogen and oxygen atoms in total. The second-order valence-corrected chi connectivity index (χ2v) is 8.17. The molecule has 3 aromatic carbocycles. The van der Waals surface area contributed by atoms with Crippen molar-refractivity contribution in [1.29, 1.82) is 0 Å². The highest BCUT2D eigenvalue weighted by atomic mass is 19.4. The van der Waals surface area contributed by atoms with Crippen LogP contribution in [0.15, 0.2) is 83.4 Å². The quantitative estimate of drug-likeness (QED) is 0.215. The maximum Gasteiger partial charge on any atom is 0.416 e. The summed E-state index contributed by atoms with van der Waals surface area (Å²) >= 11 is 0. The van der Waals surface area contributed by atoms with Gasteiger partial charge in [-0.05, 0) is 36.2 Å². The van der Waals surface area contributed by atoms with Crippen molar-refractivity contribution >= 4 is 11.6 Å². The summed E-state index contributed by atoms with van der Waals surface area (Å²) in [5.41, 5.74) is 0.589. The fraction of sp³-hybridized carbons (Fsp3) is 0.192. The average molecular weight is 510 g/mol. The third-order valence-electron chi connectivity index (χ3n) is 5.64. The lowest BCUT2D eigenvalue weighted by atomic mass is 10.1. The Balaban J connectivity index is 1.49. The van der Waals surface area contributed by atoms with Gasteiger partial charge in [0.1, 0.15) is 0 Å². The summed E-state index contributed by atoms with van der Waals surface area (Å²) in [4.78, 5) is 29.5. The van der Waals surface area contributed by atoms with Gasteiger partial charge in [0.15, 0.2) is 0 Å². The van der Waals surface area contributed by atoms with Crippen molar-refractivity contribution in [2.24, 2.45) is 0 Å². The number of halogens is 3. The Morgan fingerprint density at radius 3 is 2.32 bits per heavy atom. The van der Waals surface area contributed by atoms with Gasteiger partial charge in [-0.1, -0.05) is 47.6 Å². The molecule has 0 atom stereocenters. The van der Waals surface area contributed by atoms with Crippen molar-refractivity contribution in [2.45, 2.75) is 19.0 Å². The molecule has 0 aliphatic carbocycles. The van der Waals surface area contributed by atoms with Crippen LogP contribution in [0.4, 0.5) is 18.9 Å². The zero-order valence-electron chi connectivity index (χ0n) is 19.4. The van der Waals surface area contributed by atoms with Crippen LogP contribution in [0.25, 0.3) is 11.4 Å². The zero-order valence-corrected chi connectivity index (χ0v) is 19.4. The molecule has 4 aromatic rings. The smallest absolute Gasteiger partial charge is 0.339 e. The highest BCUT2D eigenvalue weighted by Crippen LogP contribution is 2.29. The van der Waals surface area contributed by atoms with Crippen molar-refractivity contribution in [3.63, 3.8) is 0 Å². The summed E-state index contributed by atoms with van der Waals surface area (Å²) in [6, 6.07) is 19.4. The molecule has 1 amide bonds. The summed E-state index contributed by atoms with van der Waals surface area (Å²) in [5.74, 6) is -0.0434. The molecule has 4 rings (SSSR count). The van der Waals surface area contributed by atoms with E-state index in [1.54, 1.807) is 6.07 Å². The summed E-state index contributed by atoms with van der Waals surface area (Å²) in [7, 11) is 0. The molecular weight excluding hydrogens is 489 g/mol. The first kappa shape index (κ1) is 25.5. The summed E-state index contributed by atoms with van der Waals surface area (Å²) < 4.78 is 44.1. The van der Waals surface area contributed by atoms with Crippen LogP contribution >= 0.6 is 0 Å². The minimum Gasteiger partial charge on any atom is -0.339 e. The van der Waals surface area contributed by atoms with E-state index in [1.165, 1.54) is 23.1 Å². The van der Waals surface area contributed by atoms with Gasteiger partial charge in [-0.15, -0.1) is 0 Å².